The highest BCUT2D eigenvalue weighted by Gasteiger charge is 2.33. The van der Waals surface area contributed by atoms with Gasteiger partial charge in [-0.15, -0.1) is 0 Å². The van der Waals surface area contributed by atoms with Crippen molar-refractivity contribution in [2.75, 3.05) is 46.0 Å². The number of benzene rings is 2. The number of hydrogen-bond donors (Lipinski definition) is 1. The van der Waals surface area contributed by atoms with Gasteiger partial charge in [0.1, 0.15) is 16.4 Å². The SMILES string of the molecule is CCCOc1c(OCCCCSc2ncc[nH]2)cc([C@@H]2CC[C@@H](c3cc(OC)c(OC)c(OC)c3)O2)cc1S(=O)(=O)CC(C)=O. The van der Waals surface area contributed by atoms with Gasteiger partial charge in [-0.25, -0.2) is 13.4 Å². The van der Waals surface area contributed by atoms with Gasteiger partial charge in [-0.3, -0.25) is 4.79 Å². The zero-order chi connectivity index (χ0) is 32.4. The Morgan fingerprint density at radius 2 is 1.60 bits per heavy atom. The van der Waals surface area contributed by atoms with Crippen LogP contribution in [-0.4, -0.2) is 70.2 Å². The molecule has 0 saturated carbocycles. The van der Waals surface area contributed by atoms with Crippen LogP contribution in [0.25, 0.3) is 0 Å². The number of ketones is 1. The van der Waals surface area contributed by atoms with Gasteiger partial charge in [0.15, 0.2) is 38.0 Å². The van der Waals surface area contributed by atoms with E-state index in [0.29, 0.717) is 61.0 Å². The van der Waals surface area contributed by atoms with Crippen molar-refractivity contribution in [2.45, 2.75) is 68.2 Å². The molecule has 0 amide bonds. The second-order valence-corrected chi connectivity index (χ2v) is 13.6. The third kappa shape index (κ3) is 8.86. The van der Waals surface area contributed by atoms with Crippen molar-refractivity contribution in [1.82, 2.24) is 9.97 Å². The third-order valence-corrected chi connectivity index (χ3v) is 9.93. The van der Waals surface area contributed by atoms with Crippen molar-refractivity contribution in [1.29, 1.82) is 0 Å². The minimum Gasteiger partial charge on any atom is -0.493 e. The lowest BCUT2D eigenvalue weighted by molar-refractivity contribution is -0.114. The summed E-state index contributed by atoms with van der Waals surface area (Å²) in [7, 11) is 0.646. The van der Waals surface area contributed by atoms with Gasteiger partial charge < -0.3 is 33.4 Å². The molecule has 2 atom stereocenters. The summed E-state index contributed by atoms with van der Waals surface area (Å²) < 4.78 is 62.2. The molecule has 0 aliphatic carbocycles. The lowest BCUT2D eigenvalue weighted by atomic mass is 10.0. The minimum absolute atomic E-state index is 0.0631. The monoisotopic (exact) mass is 662 g/mol. The Kier molecular flexibility index (Phi) is 12.4. The molecule has 45 heavy (non-hydrogen) atoms. The standard InChI is InChI=1S/C32H42N2O9S2/c1-6-13-42-31-28(41-14-7-8-15-44-32-33-11-12-34-32)18-23(19-29(31)45(36,37)20-21(2)35)25-10-9-24(43-25)22-16-26(38-3)30(40-5)27(17-22)39-4/h11-12,16-19,24-25H,6-10,13-15,20H2,1-5H3,(H,33,34)/t24-,25-/m0/s1. The van der Waals surface area contributed by atoms with E-state index in [0.717, 1.165) is 29.3 Å². The van der Waals surface area contributed by atoms with Gasteiger partial charge in [0.05, 0.1) is 46.8 Å². The van der Waals surface area contributed by atoms with Gasteiger partial charge in [-0.1, -0.05) is 18.7 Å². The molecule has 2 heterocycles. The van der Waals surface area contributed by atoms with Gasteiger partial charge in [0.25, 0.3) is 0 Å². The number of H-pyrrole nitrogens is 1. The van der Waals surface area contributed by atoms with E-state index >= 15 is 0 Å². The predicted octanol–water partition coefficient (Wildman–Crippen LogP) is 6.13. The van der Waals surface area contributed by atoms with Crippen LogP contribution in [0.15, 0.2) is 46.7 Å². The molecule has 11 nitrogen and oxygen atoms in total. The molecule has 1 aliphatic heterocycles. The van der Waals surface area contributed by atoms with E-state index in [-0.39, 0.29) is 16.7 Å². The molecule has 0 bridgehead atoms. The van der Waals surface area contributed by atoms with Crippen LogP contribution in [0.4, 0.5) is 0 Å². The van der Waals surface area contributed by atoms with Crippen molar-refractivity contribution >= 4 is 27.4 Å². The zero-order valence-corrected chi connectivity index (χ0v) is 28.1. The van der Waals surface area contributed by atoms with Crippen LogP contribution in [0.1, 0.15) is 69.3 Å². The molecule has 0 unspecified atom stereocenters. The average Bonchev–Trinajstić information content (AvgIpc) is 3.73. The number of sulfone groups is 1. The number of rotatable bonds is 18. The summed E-state index contributed by atoms with van der Waals surface area (Å²) in [6.07, 6.45) is 6.37. The molecule has 13 heteroatoms. The zero-order valence-electron chi connectivity index (χ0n) is 26.4. The molecule has 1 aliphatic rings. The number of nitrogens with one attached hydrogen (secondary N) is 1. The van der Waals surface area contributed by atoms with Gasteiger partial charge in [-0.2, -0.15) is 0 Å². The summed E-state index contributed by atoms with van der Waals surface area (Å²) in [6, 6.07) is 7.09. The largest absolute Gasteiger partial charge is 0.493 e. The molecule has 0 spiro atoms. The summed E-state index contributed by atoms with van der Waals surface area (Å²) in [5.74, 6) is 1.74. The maximum Gasteiger partial charge on any atom is 0.203 e. The van der Waals surface area contributed by atoms with E-state index in [1.54, 1.807) is 57.6 Å². The Balaban J connectivity index is 1.61. The number of aromatic amines is 1. The van der Waals surface area contributed by atoms with Crippen molar-refractivity contribution in [3.05, 3.63) is 47.8 Å². The first-order valence-electron chi connectivity index (χ1n) is 14.9. The summed E-state index contributed by atoms with van der Waals surface area (Å²) in [5, 5.41) is 0.862. The minimum atomic E-state index is -4.02. The van der Waals surface area contributed by atoms with Crippen LogP contribution in [0, 0.1) is 0 Å². The Morgan fingerprint density at radius 3 is 2.18 bits per heavy atom. The number of nitrogens with zero attached hydrogens (tertiary/aromatic N) is 1. The molecule has 246 valence electrons. The first kappa shape index (κ1) is 34.5. The highest BCUT2D eigenvalue weighted by atomic mass is 32.2. The van der Waals surface area contributed by atoms with Crippen LogP contribution >= 0.6 is 11.8 Å². The molecule has 4 rings (SSSR count). The molecular weight excluding hydrogens is 620 g/mol. The Hall–Kier alpha value is -3.42. The van der Waals surface area contributed by atoms with E-state index in [1.165, 1.54) is 6.92 Å². The van der Waals surface area contributed by atoms with Gasteiger partial charge >= 0.3 is 0 Å². The fraction of sp³-hybridized carbons (Fsp3) is 0.500. The summed E-state index contributed by atoms with van der Waals surface area (Å²) in [6.45, 7) is 3.84. The number of imidazole rings is 1. The first-order valence-corrected chi connectivity index (χ1v) is 17.6. The Morgan fingerprint density at radius 1 is 0.933 bits per heavy atom. The summed E-state index contributed by atoms with van der Waals surface area (Å²) in [4.78, 5) is 19.2. The van der Waals surface area contributed by atoms with Crippen molar-refractivity contribution in [2.24, 2.45) is 0 Å². The number of ether oxygens (including phenoxy) is 6. The number of unbranched alkanes of at least 4 members (excludes halogenated alkanes) is 1. The van der Waals surface area contributed by atoms with Gasteiger partial charge in [0.2, 0.25) is 5.75 Å². The number of carbonyl (C=O) groups excluding carboxylic acids is 1. The van der Waals surface area contributed by atoms with Gasteiger partial charge in [-0.05, 0) is 74.4 Å². The number of methoxy groups -OCH3 is 3. The number of Topliss-reactive ketones (excluding diaryl/α,β-unsaturated/α-hetero) is 1. The first-order chi connectivity index (χ1) is 21.7. The molecule has 0 radical (unpaired) electrons. The normalized spacial score (nSPS) is 16.4. The second-order valence-electron chi connectivity index (χ2n) is 10.6. The van der Waals surface area contributed by atoms with Crippen LogP contribution in [0.2, 0.25) is 0 Å². The predicted molar refractivity (Wildman–Crippen MR) is 171 cm³/mol. The second kappa shape index (κ2) is 16.2. The lowest BCUT2D eigenvalue weighted by Gasteiger charge is -2.21. The third-order valence-electron chi connectivity index (χ3n) is 7.18. The lowest BCUT2D eigenvalue weighted by Crippen LogP contribution is -2.16. The number of hydrogen-bond acceptors (Lipinski definition) is 11. The molecule has 1 fully saturated rings. The summed E-state index contributed by atoms with van der Waals surface area (Å²) in [5.41, 5.74) is 1.49. The molecule has 1 aromatic heterocycles. The van der Waals surface area contributed by atoms with Crippen LogP contribution in [0.5, 0.6) is 28.7 Å². The fourth-order valence-electron chi connectivity index (χ4n) is 5.11. The van der Waals surface area contributed by atoms with Crippen LogP contribution < -0.4 is 23.7 Å². The number of thioether (sulfide) groups is 1. The number of aromatic nitrogens is 2. The molecular formula is C32H42N2O9S2. The Labute approximate surface area is 269 Å². The van der Waals surface area contributed by atoms with E-state index < -0.39 is 27.5 Å². The van der Waals surface area contributed by atoms with Crippen molar-refractivity contribution in [3.8, 4) is 28.7 Å². The average molecular weight is 663 g/mol. The van der Waals surface area contributed by atoms with Crippen molar-refractivity contribution < 1.29 is 41.6 Å². The summed E-state index contributed by atoms with van der Waals surface area (Å²) >= 11 is 1.63. The molecule has 1 N–H and O–H groups in total. The van der Waals surface area contributed by atoms with E-state index in [2.05, 4.69) is 9.97 Å². The number of carbonyl (C=O) groups is 1. The highest BCUT2D eigenvalue weighted by Crippen LogP contribution is 2.48. The van der Waals surface area contributed by atoms with Gasteiger partial charge in [0, 0.05) is 18.1 Å². The van der Waals surface area contributed by atoms with E-state index in [4.69, 9.17) is 28.4 Å². The fourth-order valence-corrected chi connectivity index (χ4v) is 7.39. The molecule has 1 saturated heterocycles. The Bertz CT molecular complexity index is 1500. The van der Waals surface area contributed by atoms with E-state index in [9.17, 15) is 13.2 Å². The molecule has 2 aromatic carbocycles. The van der Waals surface area contributed by atoms with Crippen molar-refractivity contribution in [3.63, 3.8) is 0 Å². The topological polar surface area (TPSA) is 135 Å². The smallest absolute Gasteiger partial charge is 0.203 e. The maximum absolute atomic E-state index is 13.5. The maximum atomic E-state index is 13.5. The van der Waals surface area contributed by atoms with E-state index in [1.807, 2.05) is 19.1 Å². The molecule has 3 aromatic rings. The van der Waals surface area contributed by atoms with Crippen LogP contribution in [0.3, 0.4) is 0 Å². The highest BCUT2D eigenvalue weighted by molar-refractivity contribution is 7.99. The quantitative estimate of drug-likeness (QED) is 0.124. The van der Waals surface area contributed by atoms with Crippen LogP contribution in [-0.2, 0) is 19.4 Å².